The summed E-state index contributed by atoms with van der Waals surface area (Å²) in [7, 11) is 0. The summed E-state index contributed by atoms with van der Waals surface area (Å²) in [6.45, 7) is 2.67. The summed E-state index contributed by atoms with van der Waals surface area (Å²) in [4.78, 5) is 53.0. The molecule has 6 rings (SSSR count). The molecule has 4 heterocycles. The first-order chi connectivity index (χ1) is 17.8. The lowest BCUT2D eigenvalue weighted by Gasteiger charge is -2.54. The fourth-order valence-electron chi connectivity index (χ4n) is 6.54. The number of anilines is 1. The Morgan fingerprint density at radius 2 is 1.95 bits per heavy atom. The van der Waals surface area contributed by atoms with E-state index < -0.39 is 47.1 Å². The molecule has 1 saturated carbocycles. The summed E-state index contributed by atoms with van der Waals surface area (Å²) in [6.07, 6.45) is 4.78. The first-order valence-electron chi connectivity index (χ1n) is 12.8. The lowest BCUT2D eigenvalue weighted by atomic mass is 9.66. The van der Waals surface area contributed by atoms with E-state index in [0.717, 1.165) is 25.7 Å². The van der Waals surface area contributed by atoms with Gasteiger partial charge in [-0.3, -0.25) is 25.0 Å². The molecule has 11 nitrogen and oxygen atoms in total. The van der Waals surface area contributed by atoms with Crippen LogP contribution in [0.1, 0.15) is 55.1 Å². The van der Waals surface area contributed by atoms with Crippen LogP contribution in [0.3, 0.4) is 0 Å². The fourth-order valence-corrected chi connectivity index (χ4v) is 6.54. The first kappa shape index (κ1) is 23.8. The molecular formula is C25H28FN5O6. The average molecular weight is 514 g/mol. The van der Waals surface area contributed by atoms with Gasteiger partial charge in [0.05, 0.1) is 29.8 Å². The number of barbiturate groups is 1. The van der Waals surface area contributed by atoms with Crippen molar-refractivity contribution in [3.63, 3.8) is 0 Å². The maximum absolute atomic E-state index is 16.0. The van der Waals surface area contributed by atoms with Crippen molar-refractivity contribution in [2.75, 3.05) is 24.6 Å². The number of fused-ring (bicyclic) bond motifs is 5. The second-order valence-electron chi connectivity index (χ2n) is 10.4. The normalized spacial score (nSPS) is 25.5. The Kier molecular flexibility index (Phi) is 5.66. The molecule has 0 radical (unpaired) electrons. The van der Waals surface area contributed by atoms with E-state index in [9.17, 15) is 19.2 Å². The number of ether oxygens (including phenoxy) is 1. The highest BCUT2D eigenvalue weighted by Gasteiger charge is 2.62. The molecule has 1 aliphatic carbocycles. The van der Waals surface area contributed by atoms with Gasteiger partial charge in [-0.05, 0) is 37.3 Å². The van der Waals surface area contributed by atoms with Crippen molar-refractivity contribution in [3.8, 4) is 0 Å². The third-order valence-electron chi connectivity index (χ3n) is 8.27. The van der Waals surface area contributed by atoms with Gasteiger partial charge >= 0.3 is 6.03 Å². The van der Waals surface area contributed by atoms with E-state index in [2.05, 4.69) is 21.1 Å². The third-order valence-corrected chi connectivity index (χ3v) is 8.27. The third kappa shape index (κ3) is 3.60. The van der Waals surface area contributed by atoms with E-state index in [-0.39, 0.29) is 41.9 Å². The predicted molar refractivity (Wildman–Crippen MR) is 127 cm³/mol. The van der Waals surface area contributed by atoms with Gasteiger partial charge in [-0.15, -0.1) is 0 Å². The van der Waals surface area contributed by atoms with Crippen molar-refractivity contribution < 1.29 is 32.8 Å². The van der Waals surface area contributed by atoms with Crippen LogP contribution in [0.5, 0.6) is 0 Å². The van der Waals surface area contributed by atoms with Crippen molar-refractivity contribution in [1.82, 2.24) is 21.1 Å². The Bertz CT molecular complexity index is 1300. The summed E-state index contributed by atoms with van der Waals surface area (Å²) in [5.41, 5.74) is -1.42. The smallest absolute Gasteiger partial charge is 0.328 e. The van der Waals surface area contributed by atoms with Crippen LogP contribution in [0.15, 0.2) is 10.6 Å². The number of carbonyl (C=O) groups is 4. The van der Waals surface area contributed by atoms with Crippen molar-refractivity contribution in [3.05, 3.63) is 23.1 Å². The van der Waals surface area contributed by atoms with Gasteiger partial charge in [0.15, 0.2) is 16.9 Å². The van der Waals surface area contributed by atoms with Crippen LogP contribution in [-0.4, -0.2) is 60.8 Å². The number of rotatable bonds is 3. The highest BCUT2D eigenvalue weighted by Crippen LogP contribution is 2.48. The Balaban J connectivity index is 1.41. The predicted octanol–water partition coefficient (Wildman–Crippen LogP) is 1.78. The zero-order valence-corrected chi connectivity index (χ0v) is 20.4. The maximum atomic E-state index is 16.0. The minimum atomic E-state index is -1.73. The van der Waals surface area contributed by atoms with Gasteiger partial charge in [0.2, 0.25) is 17.4 Å². The van der Waals surface area contributed by atoms with E-state index in [4.69, 9.17) is 9.26 Å². The van der Waals surface area contributed by atoms with E-state index in [1.807, 2.05) is 0 Å². The summed E-state index contributed by atoms with van der Waals surface area (Å²) < 4.78 is 27.1. The average Bonchev–Trinajstić information content (AvgIpc) is 3.30. The number of carbonyl (C=O) groups excluding carboxylic acids is 4. The number of imide groups is 2. The van der Waals surface area contributed by atoms with E-state index in [0.29, 0.717) is 18.0 Å². The van der Waals surface area contributed by atoms with Gasteiger partial charge < -0.3 is 19.5 Å². The Morgan fingerprint density at radius 1 is 1.22 bits per heavy atom. The van der Waals surface area contributed by atoms with Crippen LogP contribution in [0.25, 0.3) is 11.0 Å². The summed E-state index contributed by atoms with van der Waals surface area (Å²) >= 11 is 0. The Hall–Kier alpha value is -3.54. The molecule has 2 saturated heterocycles. The first-order valence-corrected chi connectivity index (χ1v) is 12.8. The molecule has 1 aromatic carbocycles. The van der Waals surface area contributed by atoms with Gasteiger partial charge in [0.1, 0.15) is 0 Å². The van der Waals surface area contributed by atoms with Crippen LogP contribution >= 0.6 is 0 Å². The molecule has 2 atom stereocenters. The van der Waals surface area contributed by atoms with Crippen LogP contribution in [0, 0.1) is 17.2 Å². The van der Waals surface area contributed by atoms with Crippen LogP contribution in [0.2, 0.25) is 0 Å². The lowest BCUT2D eigenvalue weighted by Crippen LogP contribution is -2.74. The largest absolute Gasteiger partial charge is 0.374 e. The molecule has 5 amide bonds. The molecule has 37 heavy (non-hydrogen) atoms. The van der Waals surface area contributed by atoms with Crippen LogP contribution in [0.4, 0.5) is 14.9 Å². The summed E-state index contributed by atoms with van der Waals surface area (Å²) in [5, 5.41) is 11.3. The number of urea groups is 1. The SMILES string of the molecule is C[C@@H]1OCCN2c3c(cc4c(C(=O)NCC5CCCCC5)noc4c3F)CC3(C(=O)NC(=O)NC3=O)[C@@H]12. The second-order valence-corrected chi connectivity index (χ2v) is 10.4. The standard InChI is InChI=1S/C25H28FN5O6/c1-12-20-25(22(33)28-24(35)29-23(25)34)10-14-9-15-17(21(32)27-11-13-5-3-2-4-6-13)30-37-19(15)16(26)18(14)31(20)7-8-36-12/h9,12-13,20H,2-8,10-11H2,1H3,(H,27,32)(H2,28,29,33,34,35)/t12-,20+/m0/s1. The topological polar surface area (TPSA) is 143 Å². The number of hydrogen-bond donors (Lipinski definition) is 3. The number of halogens is 1. The molecular weight excluding hydrogens is 485 g/mol. The molecule has 3 aliphatic heterocycles. The van der Waals surface area contributed by atoms with Gasteiger partial charge in [0, 0.05) is 19.5 Å². The number of aromatic nitrogens is 1. The number of benzene rings is 1. The van der Waals surface area contributed by atoms with E-state index >= 15 is 4.39 Å². The quantitative estimate of drug-likeness (QED) is 0.527. The second kappa shape index (κ2) is 8.79. The number of hydrogen-bond acceptors (Lipinski definition) is 8. The molecule has 0 bridgehead atoms. The van der Waals surface area contributed by atoms with Gasteiger partial charge in [-0.2, -0.15) is 0 Å². The molecule has 12 heteroatoms. The molecule has 3 fully saturated rings. The maximum Gasteiger partial charge on any atom is 0.328 e. The highest BCUT2D eigenvalue weighted by molar-refractivity contribution is 6.20. The summed E-state index contributed by atoms with van der Waals surface area (Å²) in [6, 6.07) is -0.204. The molecule has 196 valence electrons. The molecule has 1 spiro atoms. The zero-order valence-electron chi connectivity index (χ0n) is 20.4. The molecule has 4 aliphatic rings. The van der Waals surface area contributed by atoms with Gasteiger partial charge in [-0.25, -0.2) is 9.18 Å². The minimum Gasteiger partial charge on any atom is -0.374 e. The summed E-state index contributed by atoms with van der Waals surface area (Å²) in [5.74, 6) is -2.32. The van der Waals surface area contributed by atoms with Crippen molar-refractivity contribution >= 4 is 40.4 Å². The lowest BCUT2D eigenvalue weighted by molar-refractivity contribution is -0.151. The Labute approximate surface area is 211 Å². The van der Waals surface area contributed by atoms with Gasteiger partial charge in [0.25, 0.3) is 5.91 Å². The van der Waals surface area contributed by atoms with Gasteiger partial charge in [-0.1, -0.05) is 24.4 Å². The number of nitrogens with zero attached hydrogens (tertiary/aromatic N) is 2. The van der Waals surface area contributed by atoms with E-state index in [1.54, 1.807) is 17.9 Å². The van der Waals surface area contributed by atoms with Crippen LogP contribution < -0.4 is 20.9 Å². The fraction of sp³-hybridized carbons (Fsp3) is 0.560. The molecule has 1 aromatic heterocycles. The number of amides is 5. The zero-order chi connectivity index (χ0) is 25.9. The Morgan fingerprint density at radius 3 is 2.68 bits per heavy atom. The van der Waals surface area contributed by atoms with Crippen molar-refractivity contribution in [2.24, 2.45) is 11.3 Å². The van der Waals surface area contributed by atoms with E-state index in [1.165, 1.54) is 6.42 Å². The van der Waals surface area contributed by atoms with Crippen LogP contribution in [-0.2, 0) is 20.7 Å². The number of nitrogens with one attached hydrogen (secondary N) is 3. The van der Waals surface area contributed by atoms with Crippen molar-refractivity contribution in [1.29, 1.82) is 0 Å². The molecule has 2 aromatic rings. The number of morpholine rings is 1. The monoisotopic (exact) mass is 513 g/mol. The minimum absolute atomic E-state index is 0.0493. The molecule has 0 unspecified atom stereocenters. The van der Waals surface area contributed by atoms with Crippen molar-refractivity contribution in [2.45, 2.75) is 57.6 Å². The molecule has 3 N–H and O–H groups in total. The highest BCUT2D eigenvalue weighted by atomic mass is 19.1.